The van der Waals surface area contributed by atoms with Crippen molar-refractivity contribution in [2.45, 2.75) is 45.6 Å². The van der Waals surface area contributed by atoms with E-state index < -0.39 is 0 Å². The Morgan fingerprint density at radius 2 is 2.12 bits per heavy atom. The second-order valence-corrected chi connectivity index (χ2v) is 5.24. The molecule has 1 nitrogen and oxygen atoms in total. The summed E-state index contributed by atoms with van der Waals surface area (Å²) in [4.78, 5) is 0. The van der Waals surface area contributed by atoms with Crippen LogP contribution in [-0.4, -0.2) is 6.10 Å². The molecule has 0 heterocycles. The van der Waals surface area contributed by atoms with Gasteiger partial charge >= 0.3 is 0 Å². The molecule has 0 saturated carbocycles. The van der Waals surface area contributed by atoms with E-state index in [-0.39, 0.29) is 6.10 Å². The van der Waals surface area contributed by atoms with E-state index >= 15 is 0 Å². The van der Waals surface area contributed by atoms with Gasteiger partial charge in [-0.1, -0.05) is 29.3 Å². The van der Waals surface area contributed by atoms with Gasteiger partial charge in [-0.25, -0.2) is 0 Å². The first kappa shape index (κ1) is 13.9. The molecular formula is C13H18BrClO. The van der Waals surface area contributed by atoms with E-state index in [1.807, 2.05) is 6.07 Å². The lowest BCUT2D eigenvalue weighted by atomic mass is 10.1. The standard InChI is InChI=1S/C13H18BrClO/c1-4-5-10(3)16-13-9(2)6-12(14)7-11(13)8-15/h6-7,10H,4-5,8H2,1-3H3. The summed E-state index contributed by atoms with van der Waals surface area (Å²) in [5.41, 5.74) is 2.18. The second-order valence-electron chi connectivity index (χ2n) is 4.06. The van der Waals surface area contributed by atoms with Gasteiger partial charge in [0.15, 0.2) is 0 Å². The van der Waals surface area contributed by atoms with E-state index in [2.05, 4.69) is 42.8 Å². The Bertz CT molecular complexity index is 352. The highest BCUT2D eigenvalue weighted by molar-refractivity contribution is 9.10. The van der Waals surface area contributed by atoms with Crippen molar-refractivity contribution in [3.63, 3.8) is 0 Å². The Morgan fingerprint density at radius 1 is 1.44 bits per heavy atom. The number of hydrogen-bond donors (Lipinski definition) is 0. The van der Waals surface area contributed by atoms with Gasteiger partial charge in [-0.3, -0.25) is 0 Å². The quantitative estimate of drug-likeness (QED) is 0.691. The second kappa shape index (κ2) is 6.51. The molecule has 0 fully saturated rings. The molecule has 16 heavy (non-hydrogen) atoms. The van der Waals surface area contributed by atoms with Crippen LogP contribution in [0.5, 0.6) is 5.75 Å². The van der Waals surface area contributed by atoms with Crippen molar-refractivity contribution in [3.05, 3.63) is 27.7 Å². The average molecular weight is 306 g/mol. The molecule has 90 valence electrons. The van der Waals surface area contributed by atoms with Crippen LogP contribution >= 0.6 is 27.5 Å². The van der Waals surface area contributed by atoms with Crippen LogP contribution in [0, 0.1) is 6.92 Å². The average Bonchev–Trinajstić information content (AvgIpc) is 2.22. The number of alkyl halides is 1. The number of ether oxygens (including phenoxy) is 1. The molecule has 0 aromatic heterocycles. The zero-order valence-corrected chi connectivity index (χ0v) is 12.4. The first-order valence-corrected chi connectivity index (χ1v) is 6.92. The minimum absolute atomic E-state index is 0.242. The predicted octanol–water partition coefficient (Wildman–Crippen LogP) is 5.06. The van der Waals surface area contributed by atoms with E-state index in [0.717, 1.165) is 34.2 Å². The Labute approximate surface area is 111 Å². The van der Waals surface area contributed by atoms with Crippen molar-refractivity contribution in [3.8, 4) is 5.75 Å². The third-order valence-electron chi connectivity index (χ3n) is 2.47. The summed E-state index contributed by atoms with van der Waals surface area (Å²) < 4.78 is 7.01. The molecule has 1 aromatic carbocycles. The van der Waals surface area contributed by atoms with Gasteiger partial charge in [-0.15, -0.1) is 11.6 Å². The minimum Gasteiger partial charge on any atom is -0.490 e. The number of hydrogen-bond acceptors (Lipinski definition) is 1. The molecule has 1 unspecified atom stereocenters. The highest BCUT2D eigenvalue weighted by Crippen LogP contribution is 2.30. The highest BCUT2D eigenvalue weighted by Gasteiger charge is 2.11. The van der Waals surface area contributed by atoms with Crippen molar-refractivity contribution in [2.75, 3.05) is 0 Å². The number of aryl methyl sites for hydroxylation is 1. The van der Waals surface area contributed by atoms with E-state index in [4.69, 9.17) is 16.3 Å². The first-order valence-electron chi connectivity index (χ1n) is 5.60. The molecule has 3 heteroatoms. The van der Waals surface area contributed by atoms with E-state index in [1.54, 1.807) is 0 Å². The highest BCUT2D eigenvalue weighted by atomic mass is 79.9. The molecule has 0 aliphatic heterocycles. The summed E-state index contributed by atoms with van der Waals surface area (Å²) in [7, 11) is 0. The van der Waals surface area contributed by atoms with Gasteiger partial charge < -0.3 is 4.74 Å². The molecule has 0 saturated heterocycles. The van der Waals surface area contributed by atoms with Crippen LogP contribution in [0.25, 0.3) is 0 Å². The fourth-order valence-corrected chi connectivity index (χ4v) is 2.55. The molecule has 0 radical (unpaired) electrons. The van der Waals surface area contributed by atoms with Gasteiger partial charge in [0.05, 0.1) is 12.0 Å². The summed E-state index contributed by atoms with van der Waals surface area (Å²) in [6.45, 7) is 6.31. The molecule has 0 N–H and O–H groups in total. The maximum atomic E-state index is 5.96. The van der Waals surface area contributed by atoms with E-state index in [0.29, 0.717) is 5.88 Å². The normalized spacial score (nSPS) is 12.6. The van der Waals surface area contributed by atoms with Crippen LogP contribution in [-0.2, 0) is 5.88 Å². The van der Waals surface area contributed by atoms with Crippen LogP contribution in [0.15, 0.2) is 16.6 Å². The summed E-state index contributed by atoms with van der Waals surface area (Å²) in [6, 6.07) is 4.08. The molecule has 0 aliphatic carbocycles. The molecule has 0 bridgehead atoms. The maximum absolute atomic E-state index is 5.96. The summed E-state index contributed by atoms with van der Waals surface area (Å²) in [6.07, 6.45) is 2.44. The fraction of sp³-hybridized carbons (Fsp3) is 0.538. The third kappa shape index (κ3) is 3.67. The lowest BCUT2D eigenvalue weighted by molar-refractivity contribution is 0.207. The zero-order valence-electron chi connectivity index (χ0n) is 10.0. The van der Waals surface area contributed by atoms with E-state index in [9.17, 15) is 0 Å². The van der Waals surface area contributed by atoms with Crippen molar-refractivity contribution >= 4 is 27.5 Å². The van der Waals surface area contributed by atoms with Crippen LogP contribution in [0.4, 0.5) is 0 Å². The van der Waals surface area contributed by atoms with E-state index in [1.165, 1.54) is 0 Å². The predicted molar refractivity (Wildman–Crippen MR) is 73.4 cm³/mol. The fourth-order valence-electron chi connectivity index (χ4n) is 1.73. The first-order chi connectivity index (χ1) is 7.58. The number of rotatable bonds is 5. The summed E-state index contributed by atoms with van der Waals surface area (Å²) in [5.74, 6) is 1.42. The molecule has 1 atom stereocenters. The molecule has 0 aliphatic rings. The minimum atomic E-state index is 0.242. The molecule has 1 aromatic rings. The van der Waals surface area contributed by atoms with Crippen LogP contribution in [0.3, 0.4) is 0 Å². The maximum Gasteiger partial charge on any atom is 0.127 e. The Hall–Kier alpha value is -0.210. The number of benzene rings is 1. The lowest BCUT2D eigenvalue weighted by Crippen LogP contribution is -2.13. The van der Waals surface area contributed by atoms with Gasteiger partial charge in [-0.05, 0) is 38.0 Å². The largest absolute Gasteiger partial charge is 0.490 e. The van der Waals surface area contributed by atoms with Gasteiger partial charge in [0, 0.05) is 10.0 Å². The topological polar surface area (TPSA) is 9.23 Å². The molecular weight excluding hydrogens is 287 g/mol. The van der Waals surface area contributed by atoms with Crippen molar-refractivity contribution in [1.29, 1.82) is 0 Å². The van der Waals surface area contributed by atoms with Crippen LogP contribution < -0.4 is 4.74 Å². The number of halogens is 2. The smallest absolute Gasteiger partial charge is 0.127 e. The van der Waals surface area contributed by atoms with Gasteiger partial charge in [0.25, 0.3) is 0 Å². The molecule has 0 amide bonds. The Morgan fingerprint density at radius 3 is 2.69 bits per heavy atom. The third-order valence-corrected chi connectivity index (χ3v) is 3.22. The van der Waals surface area contributed by atoms with Crippen LogP contribution in [0.2, 0.25) is 0 Å². The van der Waals surface area contributed by atoms with Crippen molar-refractivity contribution in [1.82, 2.24) is 0 Å². The Kier molecular flexibility index (Phi) is 5.63. The van der Waals surface area contributed by atoms with Crippen molar-refractivity contribution in [2.24, 2.45) is 0 Å². The Balaban J connectivity index is 2.93. The van der Waals surface area contributed by atoms with Gasteiger partial charge in [-0.2, -0.15) is 0 Å². The van der Waals surface area contributed by atoms with Gasteiger partial charge in [0.2, 0.25) is 0 Å². The van der Waals surface area contributed by atoms with Crippen molar-refractivity contribution < 1.29 is 4.74 Å². The monoisotopic (exact) mass is 304 g/mol. The van der Waals surface area contributed by atoms with Gasteiger partial charge in [0.1, 0.15) is 5.75 Å². The molecule has 1 rings (SSSR count). The summed E-state index contributed by atoms with van der Waals surface area (Å²) >= 11 is 9.41. The zero-order chi connectivity index (χ0) is 12.1. The lowest BCUT2D eigenvalue weighted by Gasteiger charge is -2.18. The van der Waals surface area contributed by atoms with Crippen LogP contribution in [0.1, 0.15) is 37.8 Å². The SMILES string of the molecule is CCCC(C)Oc1c(C)cc(Br)cc1CCl. The molecule has 0 spiro atoms. The summed E-state index contributed by atoms with van der Waals surface area (Å²) in [5, 5.41) is 0.